The highest BCUT2D eigenvalue weighted by atomic mass is 16.4. The van der Waals surface area contributed by atoms with Crippen LogP contribution < -0.4 is 4.90 Å². The second-order valence-corrected chi connectivity index (χ2v) is 11.5. The number of nitrogens with zero attached hydrogens (tertiary/aromatic N) is 1. The number of anilines is 1. The van der Waals surface area contributed by atoms with Gasteiger partial charge in [0, 0.05) is 34.1 Å². The number of ketones is 2. The van der Waals surface area contributed by atoms with Crippen LogP contribution in [0.15, 0.2) is 89.0 Å². The molecule has 0 aromatic heterocycles. The predicted molar refractivity (Wildman–Crippen MR) is 154 cm³/mol. The maximum atomic E-state index is 14.1. The fraction of sp³-hybridized carbons (Fsp3) is 0.206. The Morgan fingerprint density at radius 3 is 2.35 bits per heavy atom. The van der Waals surface area contributed by atoms with Crippen molar-refractivity contribution in [3.63, 3.8) is 0 Å². The molecule has 7 rings (SSSR count). The van der Waals surface area contributed by atoms with Crippen molar-refractivity contribution in [1.29, 1.82) is 0 Å². The average molecular weight is 576 g/mol. The summed E-state index contributed by atoms with van der Waals surface area (Å²) in [5.41, 5.74) is 2.19. The summed E-state index contributed by atoms with van der Waals surface area (Å²) in [5, 5.41) is 31.4. The van der Waals surface area contributed by atoms with Crippen molar-refractivity contribution in [2.75, 3.05) is 4.90 Å². The third-order valence-electron chi connectivity index (χ3n) is 9.28. The van der Waals surface area contributed by atoms with Gasteiger partial charge in [0.05, 0.1) is 17.5 Å². The van der Waals surface area contributed by atoms with Gasteiger partial charge in [0.15, 0.2) is 11.6 Å². The summed E-state index contributed by atoms with van der Waals surface area (Å²) in [7, 11) is 0. The van der Waals surface area contributed by atoms with Crippen molar-refractivity contribution in [2.45, 2.75) is 25.7 Å². The third-order valence-corrected chi connectivity index (χ3v) is 9.28. The SMILES string of the molecule is CC1=CC(=O)C2=C(CC3C(=CCC4C(=O)N(c5ccc(C(=O)O)c(O)c5)C(=O)C43)C2c2ccc(O)c3ccccc23)C1=O. The minimum absolute atomic E-state index is 0.0629. The van der Waals surface area contributed by atoms with E-state index in [0.717, 1.165) is 22.6 Å². The fourth-order valence-electron chi connectivity index (χ4n) is 7.39. The van der Waals surface area contributed by atoms with Gasteiger partial charge in [0.1, 0.15) is 17.1 Å². The Labute approximate surface area is 245 Å². The molecule has 4 atom stereocenters. The standard InChI is InChI=1S/C34H25NO8/c1-15-12-27(38)30-24(31(15)39)14-23-20(28(30)19-10-11-25(36)18-5-3-2-4-17(18)19)8-9-22-29(23)33(41)35(32(22)40)16-6-7-21(34(42)43)26(37)13-16/h2-8,10-13,22-23,28-29,36-37H,9,14H2,1H3,(H,42,43). The number of carbonyl (C=O) groups is 5. The van der Waals surface area contributed by atoms with E-state index in [2.05, 4.69) is 0 Å². The number of aromatic carboxylic acids is 1. The zero-order valence-electron chi connectivity index (χ0n) is 22.9. The van der Waals surface area contributed by atoms with Gasteiger partial charge < -0.3 is 15.3 Å². The molecule has 3 N–H and O–H groups in total. The van der Waals surface area contributed by atoms with Crippen molar-refractivity contribution < 1.29 is 39.3 Å². The highest BCUT2D eigenvalue weighted by Crippen LogP contribution is 2.56. The van der Waals surface area contributed by atoms with Crippen LogP contribution in [0, 0.1) is 17.8 Å². The van der Waals surface area contributed by atoms with Crippen LogP contribution in [0.5, 0.6) is 11.5 Å². The first-order chi connectivity index (χ1) is 20.6. The van der Waals surface area contributed by atoms with E-state index < -0.39 is 47.2 Å². The second-order valence-electron chi connectivity index (χ2n) is 11.5. The van der Waals surface area contributed by atoms with E-state index in [9.17, 15) is 39.3 Å². The number of rotatable bonds is 3. The number of phenolic OH excluding ortho intramolecular Hbond substituents is 1. The molecule has 4 unspecified atom stereocenters. The van der Waals surface area contributed by atoms with Crippen molar-refractivity contribution in [2.24, 2.45) is 17.8 Å². The summed E-state index contributed by atoms with van der Waals surface area (Å²) in [4.78, 5) is 67.3. The quantitative estimate of drug-likeness (QED) is 0.233. The number of hydrogen-bond donors (Lipinski definition) is 3. The van der Waals surface area contributed by atoms with Crippen molar-refractivity contribution in [3.8, 4) is 11.5 Å². The van der Waals surface area contributed by atoms with E-state index >= 15 is 0 Å². The largest absolute Gasteiger partial charge is 0.507 e. The van der Waals surface area contributed by atoms with Crippen LogP contribution in [0.1, 0.15) is 41.6 Å². The number of hydrogen-bond acceptors (Lipinski definition) is 7. The van der Waals surface area contributed by atoms with Crippen LogP contribution in [0.25, 0.3) is 10.8 Å². The molecule has 2 amide bonds. The Balaban J connectivity index is 1.38. The molecule has 1 aliphatic heterocycles. The van der Waals surface area contributed by atoms with Gasteiger partial charge in [-0.15, -0.1) is 0 Å². The van der Waals surface area contributed by atoms with Crippen LogP contribution in [0.3, 0.4) is 0 Å². The zero-order valence-corrected chi connectivity index (χ0v) is 22.9. The van der Waals surface area contributed by atoms with Crippen LogP contribution in [0.2, 0.25) is 0 Å². The van der Waals surface area contributed by atoms with Gasteiger partial charge in [0.2, 0.25) is 11.8 Å². The van der Waals surface area contributed by atoms with Gasteiger partial charge in [-0.05, 0) is 60.9 Å². The minimum atomic E-state index is -1.35. The molecule has 1 fully saturated rings. The van der Waals surface area contributed by atoms with Crippen LogP contribution in [-0.4, -0.2) is 44.7 Å². The molecule has 4 aliphatic rings. The van der Waals surface area contributed by atoms with Crippen LogP contribution in [-0.2, 0) is 19.2 Å². The molecular weight excluding hydrogens is 550 g/mol. The van der Waals surface area contributed by atoms with Crippen LogP contribution >= 0.6 is 0 Å². The van der Waals surface area contributed by atoms with E-state index in [0.29, 0.717) is 33.1 Å². The van der Waals surface area contributed by atoms with Crippen molar-refractivity contribution in [1.82, 2.24) is 0 Å². The molecule has 0 radical (unpaired) electrons. The number of amides is 2. The second kappa shape index (κ2) is 9.35. The number of phenols is 2. The number of aromatic hydroxyl groups is 2. The van der Waals surface area contributed by atoms with E-state index in [4.69, 9.17) is 0 Å². The van der Waals surface area contributed by atoms with E-state index in [1.54, 1.807) is 31.2 Å². The molecule has 0 spiro atoms. The molecule has 9 nitrogen and oxygen atoms in total. The highest BCUT2D eigenvalue weighted by molar-refractivity contribution is 6.25. The van der Waals surface area contributed by atoms with Gasteiger partial charge in [-0.25, -0.2) is 9.69 Å². The number of carboxylic acid groups (broad SMARTS) is 1. The Kier molecular flexibility index (Phi) is 5.78. The molecule has 1 heterocycles. The molecule has 214 valence electrons. The van der Waals surface area contributed by atoms with Crippen molar-refractivity contribution in [3.05, 3.63) is 100 Å². The summed E-state index contributed by atoms with van der Waals surface area (Å²) in [6, 6.07) is 14.1. The lowest BCUT2D eigenvalue weighted by atomic mass is 9.59. The van der Waals surface area contributed by atoms with E-state index in [1.807, 2.05) is 18.2 Å². The summed E-state index contributed by atoms with van der Waals surface area (Å²) in [6.45, 7) is 1.59. The third kappa shape index (κ3) is 3.74. The minimum Gasteiger partial charge on any atom is -0.507 e. The molecule has 43 heavy (non-hydrogen) atoms. The maximum absolute atomic E-state index is 14.1. The van der Waals surface area contributed by atoms with Gasteiger partial charge in [-0.3, -0.25) is 19.2 Å². The van der Waals surface area contributed by atoms with Gasteiger partial charge >= 0.3 is 5.97 Å². The number of fused-ring (bicyclic) bond motifs is 4. The average Bonchev–Trinajstić information content (AvgIpc) is 3.24. The number of Topliss-reactive ketones (excluding diaryl/α,β-unsaturated/α-hetero) is 1. The van der Waals surface area contributed by atoms with Crippen LogP contribution in [0.4, 0.5) is 5.69 Å². The summed E-state index contributed by atoms with van der Waals surface area (Å²) < 4.78 is 0. The molecule has 1 saturated heterocycles. The van der Waals surface area contributed by atoms with Crippen molar-refractivity contribution >= 4 is 45.8 Å². The van der Waals surface area contributed by atoms with E-state index in [-0.39, 0.29) is 41.4 Å². The summed E-state index contributed by atoms with van der Waals surface area (Å²) >= 11 is 0. The number of imide groups is 1. The summed E-state index contributed by atoms with van der Waals surface area (Å²) in [5.74, 6) is -6.16. The predicted octanol–water partition coefficient (Wildman–Crippen LogP) is 4.58. The monoisotopic (exact) mass is 575 g/mol. The number of allylic oxidation sites excluding steroid dienone is 6. The number of benzene rings is 3. The number of carboxylic acids is 1. The first-order valence-corrected chi connectivity index (χ1v) is 13.9. The van der Waals surface area contributed by atoms with Gasteiger partial charge in [-0.2, -0.15) is 0 Å². The topological polar surface area (TPSA) is 149 Å². The lowest BCUT2D eigenvalue weighted by Crippen LogP contribution is -2.39. The molecule has 3 aromatic rings. The first-order valence-electron chi connectivity index (χ1n) is 13.9. The lowest BCUT2D eigenvalue weighted by Gasteiger charge is -2.42. The van der Waals surface area contributed by atoms with Gasteiger partial charge in [0.25, 0.3) is 0 Å². The normalized spacial score (nSPS) is 24.9. The number of carbonyl (C=O) groups excluding carboxylic acids is 4. The Morgan fingerprint density at radius 1 is 0.884 bits per heavy atom. The lowest BCUT2D eigenvalue weighted by molar-refractivity contribution is -0.123. The smallest absolute Gasteiger partial charge is 0.339 e. The Morgan fingerprint density at radius 2 is 1.63 bits per heavy atom. The fourth-order valence-corrected chi connectivity index (χ4v) is 7.39. The molecule has 9 heteroatoms. The molecule has 0 bridgehead atoms. The first kappa shape index (κ1) is 26.6. The Bertz CT molecular complexity index is 1950. The summed E-state index contributed by atoms with van der Waals surface area (Å²) in [6.07, 6.45) is 3.59. The highest BCUT2D eigenvalue weighted by Gasteiger charge is 2.56. The maximum Gasteiger partial charge on any atom is 0.339 e. The van der Waals surface area contributed by atoms with E-state index in [1.165, 1.54) is 12.1 Å². The Hall–Kier alpha value is -5.31. The molecule has 3 aliphatic carbocycles. The molecule has 3 aromatic carbocycles. The zero-order chi connectivity index (χ0) is 30.3. The van der Waals surface area contributed by atoms with Gasteiger partial charge in [-0.1, -0.05) is 42.0 Å². The molecule has 0 saturated carbocycles. The molecular formula is C34H25NO8.